The van der Waals surface area contributed by atoms with Crippen LogP contribution in [-0.4, -0.2) is 32.9 Å². The molecule has 1 aromatic heterocycles. The molecule has 2 heterocycles. The van der Waals surface area contributed by atoms with E-state index in [0.29, 0.717) is 23.0 Å². The predicted molar refractivity (Wildman–Crippen MR) is 84.5 cm³/mol. The molecule has 0 saturated heterocycles. The number of aromatic nitrogens is 2. The average Bonchev–Trinajstić information content (AvgIpc) is 2.47. The molecule has 0 radical (unpaired) electrons. The van der Waals surface area contributed by atoms with Crippen molar-refractivity contribution in [3.8, 4) is 0 Å². The molecule has 0 bridgehead atoms. The largest absolute Gasteiger partial charge is 0.383 e. The molecule has 8 heteroatoms. The molecule has 3 rings (SSSR count). The molecule has 1 atom stereocenters. The summed E-state index contributed by atoms with van der Waals surface area (Å²) in [4.78, 5) is 20.3. The Morgan fingerprint density at radius 1 is 1.41 bits per heavy atom. The maximum absolute atomic E-state index is 11.7. The maximum Gasteiger partial charge on any atom is 0.251 e. The molecule has 1 aliphatic rings. The number of nitrogen functional groups attached to an aromatic ring is 1. The Morgan fingerprint density at radius 2 is 2.23 bits per heavy atom. The van der Waals surface area contributed by atoms with E-state index in [4.69, 9.17) is 5.73 Å². The number of carbonyl (C=O) groups excluding carboxylic acids is 1. The minimum Gasteiger partial charge on any atom is -0.383 e. The van der Waals surface area contributed by atoms with Crippen molar-refractivity contribution in [3.63, 3.8) is 0 Å². The summed E-state index contributed by atoms with van der Waals surface area (Å²) >= 11 is 0. The van der Waals surface area contributed by atoms with Crippen LogP contribution < -0.4 is 16.4 Å². The van der Waals surface area contributed by atoms with E-state index in [9.17, 15) is 9.00 Å². The van der Waals surface area contributed by atoms with Crippen molar-refractivity contribution in [2.75, 3.05) is 23.9 Å². The molecular formula is C14H15N5O2S. The van der Waals surface area contributed by atoms with Gasteiger partial charge in [-0.1, -0.05) is 0 Å². The SMILES string of the molecule is CS(=O)c1cnc(Nc2ccc3c(c2)CCNC3=O)nc1N. The lowest BCUT2D eigenvalue weighted by Crippen LogP contribution is -2.31. The van der Waals surface area contributed by atoms with Gasteiger partial charge < -0.3 is 16.4 Å². The van der Waals surface area contributed by atoms with Crippen molar-refractivity contribution in [1.29, 1.82) is 0 Å². The van der Waals surface area contributed by atoms with Gasteiger partial charge in [0.2, 0.25) is 5.95 Å². The third-order valence-electron chi connectivity index (χ3n) is 3.38. The maximum atomic E-state index is 11.7. The van der Waals surface area contributed by atoms with Gasteiger partial charge in [0.25, 0.3) is 5.91 Å². The summed E-state index contributed by atoms with van der Waals surface area (Å²) in [5.41, 5.74) is 8.21. The molecule has 2 aromatic rings. The van der Waals surface area contributed by atoms with Gasteiger partial charge in [0.1, 0.15) is 5.82 Å². The molecule has 1 amide bonds. The van der Waals surface area contributed by atoms with Crippen LogP contribution >= 0.6 is 0 Å². The van der Waals surface area contributed by atoms with Crippen LogP contribution in [0.1, 0.15) is 15.9 Å². The Bertz CT molecular complexity index is 778. The Hall–Kier alpha value is -2.48. The monoisotopic (exact) mass is 317 g/mol. The first-order chi connectivity index (χ1) is 10.5. The Morgan fingerprint density at radius 3 is 2.95 bits per heavy atom. The topological polar surface area (TPSA) is 110 Å². The van der Waals surface area contributed by atoms with Crippen molar-refractivity contribution < 1.29 is 9.00 Å². The minimum absolute atomic E-state index is 0.0527. The summed E-state index contributed by atoms with van der Waals surface area (Å²) in [6.45, 7) is 0.635. The first kappa shape index (κ1) is 14.5. The lowest BCUT2D eigenvalue weighted by Gasteiger charge is -2.17. The van der Waals surface area contributed by atoms with E-state index in [1.54, 1.807) is 12.1 Å². The number of hydrogen-bond acceptors (Lipinski definition) is 6. The molecule has 0 spiro atoms. The number of amides is 1. The smallest absolute Gasteiger partial charge is 0.251 e. The van der Waals surface area contributed by atoms with Crippen LogP contribution in [0, 0.1) is 0 Å². The highest BCUT2D eigenvalue weighted by molar-refractivity contribution is 7.84. The van der Waals surface area contributed by atoms with E-state index in [1.807, 2.05) is 6.07 Å². The molecule has 0 aliphatic carbocycles. The highest BCUT2D eigenvalue weighted by atomic mass is 32.2. The van der Waals surface area contributed by atoms with Gasteiger partial charge in [-0.05, 0) is 30.2 Å². The van der Waals surface area contributed by atoms with Crippen molar-refractivity contribution >= 4 is 34.2 Å². The highest BCUT2D eigenvalue weighted by Crippen LogP contribution is 2.22. The lowest BCUT2D eigenvalue weighted by molar-refractivity contribution is 0.0946. The quantitative estimate of drug-likeness (QED) is 0.773. The predicted octanol–water partition coefficient (Wildman–Crippen LogP) is 0.826. The molecule has 0 saturated carbocycles. The van der Waals surface area contributed by atoms with E-state index < -0.39 is 10.8 Å². The number of anilines is 3. The zero-order valence-electron chi connectivity index (χ0n) is 11.9. The van der Waals surface area contributed by atoms with E-state index >= 15 is 0 Å². The summed E-state index contributed by atoms with van der Waals surface area (Å²) in [7, 11) is -1.22. The summed E-state index contributed by atoms with van der Waals surface area (Å²) in [5, 5.41) is 5.85. The fraction of sp³-hybridized carbons (Fsp3) is 0.214. The minimum atomic E-state index is -1.22. The molecule has 7 nitrogen and oxygen atoms in total. The fourth-order valence-corrected chi connectivity index (χ4v) is 2.84. The molecule has 0 fully saturated rings. The van der Waals surface area contributed by atoms with Crippen LogP contribution in [0.4, 0.5) is 17.5 Å². The van der Waals surface area contributed by atoms with E-state index in [2.05, 4.69) is 20.6 Å². The van der Waals surface area contributed by atoms with Gasteiger partial charge in [0.15, 0.2) is 0 Å². The number of benzene rings is 1. The zero-order chi connectivity index (χ0) is 15.7. The lowest BCUT2D eigenvalue weighted by atomic mass is 10.00. The number of carbonyl (C=O) groups is 1. The van der Waals surface area contributed by atoms with Crippen molar-refractivity contribution in [1.82, 2.24) is 15.3 Å². The first-order valence-electron chi connectivity index (χ1n) is 6.68. The van der Waals surface area contributed by atoms with Gasteiger partial charge >= 0.3 is 0 Å². The number of rotatable bonds is 3. The number of hydrogen-bond donors (Lipinski definition) is 3. The standard InChI is InChI=1S/C14H15N5O2S/c1-22(21)11-7-17-14(19-12(11)15)18-9-2-3-10-8(6-9)4-5-16-13(10)20/h2-3,6-7H,4-5H2,1H3,(H,16,20)(H3,15,17,18,19). The summed E-state index contributed by atoms with van der Waals surface area (Å²) in [6.07, 6.45) is 3.76. The molecule has 1 aromatic carbocycles. The van der Waals surface area contributed by atoms with Gasteiger partial charge in [-0.15, -0.1) is 0 Å². The second kappa shape index (κ2) is 5.72. The average molecular weight is 317 g/mol. The van der Waals surface area contributed by atoms with Crippen LogP contribution in [0.2, 0.25) is 0 Å². The van der Waals surface area contributed by atoms with Crippen LogP contribution in [0.15, 0.2) is 29.3 Å². The first-order valence-corrected chi connectivity index (χ1v) is 8.24. The molecular weight excluding hydrogens is 302 g/mol. The van der Waals surface area contributed by atoms with Crippen LogP contribution in [-0.2, 0) is 17.2 Å². The number of nitrogens with one attached hydrogen (secondary N) is 2. The molecule has 114 valence electrons. The van der Waals surface area contributed by atoms with Crippen LogP contribution in [0.25, 0.3) is 0 Å². The normalized spacial score (nSPS) is 14.9. The van der Waals surface area contributed by atoms with Gasteiger partial charge in [0, 0.05) is 24.1 Å². The third kappa shape index (κ3) is 2.77. The Kier molecular flexibility index (Phi) is 3.76. The van der Waals surface area contributed by atoms with Gasteiger partial charge in [-0.25, -0.2) is 4.98 Å². The van der Waals surface area contributed by atoms with Crippen molar-refractivity contribution in [2.24, 2.45) is 0 Å². The van der Waals surface area contributed by atoms with Gasteiger partial charge in [-0.3, -0.25) is 9.00 Å². The Balaban J connectivity index is 1.86. The van der Waals surface area contributed by atoms with Crippen LogP contribution in [0.3, 0.4) is 0 Å². The van der Waals surface area contributed by atoms with E-state index in [0.717, 1.165) is 17.7 Å². The number of nitrogens with zero attached hydrogens (tertiary/aromatic N) is 2. The molecule has 22 heavy (non-hydrogen) atoms. The van der Waals surface area contributed by atoms with E-state index in [-0.39, 0.29) is 11.7 Å². The Labute approximate surface area is 129 Å². The van der Waals surface area contributed by atoms with Crippen molar-refractivity contribution in [2.45, 2.75) is 11.3 Å². The molecule has 1 unspecified atom stereocenters. The second-order valence-electron chi connectivity index (χ2n) is 4.90. The second-order valence-corrected chi connectivity index (χ2v) is 6.25. The summed E-state index contributed by atoms with van der Waals surface area (Å²) in [5.74, 6) is 0.464. The molecule has 4 N–H and O–H groups in total. The summed E-state index contributed by atoms with van der Waals surface area (Å²) < 4.78 is 11.4. The summed E-state index contributed by atoms with van der Waals surface area (Å²) in [6, 6.07) is 5.46. The highest BCUT2D eigenvalue weighted by Gasteiger charge is 2.16. The van der Waals surface area contributed by atoms with Gasteiger partial charge in [0.05, 0.1) is 21.9 Å². The number of nitrogens with two attached hydrogens (primary N) is 1. The van der Waals surface area contributed by atoms with Gasteiger partial charge in [-0.2, -0.15) is 4.98 Å². The zero-order valence-corrected chi connectivity index (χ0v) is 12.7. The van der Waals surface area contributed by atoms with Crippen LogP contribution in [0.5, 0.6) is 0 Å². The molecule has 1 aliphatic heterocycles. The fourth-order valence-electron chi connectivity index (χ4n) is 2.30. The van der Waals surface area contributed by atoms with E-state index in [1.165, 1.54) is 12.5 Å². The third-order valence-corrected chi connectivity index (χ3v) is 4.31. The van der Waals surface area contributed by atoms with Crippen molar-refractivity contribution in [3.05, 3.63) is 35.5 Å². The number of fused-ring (bicyclic) bond motifs is 1.